The van der Waals surface area contributed by atoms with Crippen LogP contribution < -0.4 is 5.32 Å². The summed E-state index contributed by atoms with van der Waals surface area (Å²) in [4.78, 5) is 24.1. The highest BCUT2D eigenvalue weighted by molar-refractivity contribution is 5.83. The monoisotopic (exact) mass is 389 g/mol. The van der Waals surface area contributed by atoms with E-state index in [0.717, 1.165) is 89.6 Å². The number of likely N-dealkylation sites (N-methyl/N-ethyl adjacent to an activating group) is 1. The predicted octanol–water partition coefficient (Wildman–Crippen LogP) is 1.81. The van der Waals surface area contributed by atoms with Gasteiger partial charge < -0.3 is 19.5 Å². The number of likely N-dealkylation sites (tertiary alicyclic amines) is 1. The van der Waals surface area contributed by atoms with Crippen LogP contribution in [0.4, 0.5) is 0 Å². The zero-order valence-corrected chi connectivity index (χ0v) is 17.4. The molecule has 0 bridgehead atoms. The van der Waals surface area contributed by atoms with E-state index < -0.39 is 0 Å². The molecule has 0 saturated carbocycles. The van der Waals surface area contributed by atoms with Crippen molar-refractivity contribution in [2.45, 2.75) is 45.1 Å². The van der Waals surface area contributed by atoms with Crippen LogP contribution in [0.25, 0.3) is 0 Å². The summed E-state index contributed by atoms with van der Waals surface area (Å²) in [5.74, 6) is 2.25. The number of hydrogen-bond donors (Lipinski definition) is 1. The first-order valence-corrected chi connectivity index (χ1v) is 10.7. The van der Waals surface area contributed by atoms with Gasteiger partial charge in [0.05, 0.1) is 12.3 Å². The van der Waals surface area contributed by atoms with Crippen LogP contribution in [0.2, 0.25) is 0 Å². The third-order valence-corrected chi connectivity index (χ3v) is 5.70. The number of rotatable bonds is 7. The summed E-state index contributed by atoms with van der Waals surface area (Å²) in [5.41, 5.74) is 0. The number of hydrogen-bond acceptors (Lipinski definition) is 4. The second-order valence-corrected chi connectivity index (χ2v) is 7.77. The molecule has 0 spiro atoms. The highest BCUT2D eigenvalue weighted by Crippen LogP contribution is 2.18. The molecule has 3 rings (SSSR count). The molecule has 0 aromatic carbocycles. The fourth-order valence-electron chi connectivity index (χ4n) is 3.93. The third kappa shape index (κ3) is 5.50. The SMILES string of the molecule is CCCCN=C(NCCc1ccco1)N1CCN(C(=O)C2CCCN2C)CC1. The third-order valence-electron chi connectivity index (χ3n) is 5.70. The van der Waals surface area contributed by atoms with E-state index >= 15 is 0 Å². The molecule has 0 radical (unpaired) electrons. The van der Waals surface area contributed by atoms with E-state index in [-0.39, 0.29) is 6.04 Å². The molecular formula is C21H35N5O2. The number of aliphatic imine (C=N–C) groups is 1. The van der Waals surface area contributed by atoms with Gasteiger partial charge in [-0.15, -0.1) is 0 Å². The molecule has 1 aromatic heterocycles. The van der Waals surface area contributed by atoms with E-state index in [9.17, 15) is 4.79 Å². The van der Waals surface area contributed by atoms with Gasteiger partial charge in [-0.25, -0.2) is 0 Å². The lowest BCUT2D eigenvalue weighted by Gasteiger charge is -2.38. The van der Waals surface area contributed by atoms with E-state index in [2.05, 4.69) is 29.1 Å². The van der Waals surface area contributed by atoms with Gasteiger partial charge in [-0.2, -0.15) is 0 Å². The van der Waals surface area contributed by atoms with Crippen molar-refractivity contribution in [1.29, 1.82) is 0 Å². The van der Waals surface area contributed by atoms with Crippen LogP contribution in [0.5, 0.6) is 0 Å². The molecular weight excluding hydrogens is 354 g/mol. The zero-order chi connectivity index (χ0) is 19.8. The molecule has 1 N–H and O–H groups in total. The van der Waals surface area contributed by atoms with E-state index in [1.54, 1.807) is 6.26 Å². The minimum Gasteiger partial charge on any atom is -0.469 e. The standard InChI is InChI=1S/C21H35N5O2/c1-3-4-10-22-21(23-11-9-18-7-6-17-28-18)26-15-13-25(14-16-26)20(27)19-8-5-12-24(19)2/h6-7,17,19H,3-5,8-16H2,1-2H3,(H,22,23). The summed E-state index contributed by atoms with van der Waals surface area (Å²) in [6.45, 7) is 8.07. The Bertz CT molecular complexity index is 623. The number of unbranched alkanes of at least 4 members (excludes halogenated alkanes) is 1. The van der Waals surface area contributed by atoms with Crippen LogP contribution in [0.1, 0.15) is 38.4 Å². The number of nitrogens with one attached hydrogen (secondary N) is 1. The summed E-state index contributed by atoms with van der Waals surface area (Å²) < 4.78 is 5.42. The van der Waals surface area contributed by atoms with Gasteiger partial charge in [-0.3, -0.25) is 14.7 Å². The summed E-state index contributed by atoms with van der Waals surface area (Å²) in [6, 6.07) is 4.00. The molecule has 7 nitrogen and oxygen atoms in total. The molecule has 2 fully saturated rings. The summed E-state index contributed by atoms with van der Waals surface area (Å²) in [7, 11) is 2.06. The van der Waals surface area contributed by atoms with Crippen molar-refractivity contribution in [3.05, 3.63) is 24.2 Å². The van der Waals surface area contributed by atoms with Gasteiger partial charge in [-0.05, 0) is 45.0 Å². The Labute approximate surface area is 168 Å². The molecule has 2 aliphatic rings. The van der Waals surface area contributed by atoms with Crippen molar-refractivity contribution >= 4 is 11.9 Å². The molecule has 0 aliphatic carbocycles. The lowest BCUT2D eigenvalue weighted by molar-refractivity contribution is -0.136. The van der Waals surface area contributed by atoms with Crippen LogP contribution in [0.15, 0.2) is 27.8 Å². The molecule has 3 heterocycles. The van der Waals surface area contributed by atoms with Gasteiger partial charge in [0.15, 0.2) is 5.96 Å². The van der Waals surface area contributed by atoms with Gasteiger partial charge >= 0.3 is 0 Å². The van der Waals surface area contributed by atoms with Crippen molar-refractivity contribution in [2.75, 3.05) is 52.9 Å². The number of piperazine rings is 1. The van der Waals surface area contributed by atoms with Crippen LogP contribution in [0, 0.1) is 0 Å². The normalized spacial score (nSPS) is 21.4. The zero-order valence-electron chi connectivity index (χ0n) is 17.4. The Morgan fingerprint density at radius 2 is 2.04 bits per heavy atom. The Morgan fingerprint density at radius 3 is 2.68 bits per heavy atom. The fraction of sp³-hybridized carbons (Fsp3) is 0.714. The van der Waals surface area contributed by atoms with Crippen LogP contribution in [-0.4, -0.2) is 85.5 Å². The molecule has 1 atom stereocenters. The number of guanidine groups is 1. The highest BCUT2D eigenvalue weighted by Gasteiger charge is 2.33. The molecule has 2 aliphatic heterocycles. The van der Waals surface area contributed by atoms with Gasteiger partial charge in [-0.1, -0.05) is 13.3 Å². The van der Waals surface area contributed by atoms with Gasteiger partial charge in [0, 0.05) is 45.7 Å². The van der Waals surface area contributed by atoms with Gasteiger partial charge in [0.25, 0.3) is 0 Å². The molecule has 1 unspecified atom stereocenters. The lowest BCUT2D eigenvalue weighted by Crippen LogP contribution is -2.56. The lowest BCUT2D eigenvalue weighted by atomic mass is 10.1. The Kier molecular flexibility index (Phi) is 7.77. The quantitative estimate of drug-likeness (QED) is 0.438. The molecule has 156 valence electrons. The van der Waals surface area contributed by atoms with Gasteiger partial charge in [0.1, 0.15) is 5.76 Å². The summed E-state index contributed by atoms with van der Waals surface area (Å²) in [5, 5.41) is 3.50. The van der Waals surface area contributed by atoms with Crippen molar-refractivity contribution in [2.24, 2.45) is 4.99 Å². The molecule has 2 saturated heterocycles. The van der Waals surface area contributed by atoms with E-state index in [4.69, 9.17) is 9.41 Å². The molecule has 1 aromatic rings. The van der Waals surface area contributed by atoms with Gasteiger partial charge in [0.2, 0.25) is 5.91 Å². The first kappa shape index (κ1) is 20.7. The van der Waals surface area contributed by atoms with Crippen LogP contribution in [0.3, 0.4) is 0 Å². The Morgan fingerprint density at radius 1 is 1.25 bits per heavy atom. The second kappa shape index (κ2) is 10.5. The Balaban J connectivity index is 1.51. The Hall–Kier alpha value is -2.02. The summed E-state index contributed by atoms with van der Waals surface area (Å²) in [6.07, 6.45) is 6.90. The minimum absolute atomic E-state index is 0.0793. The molecule has 28 heavy (non-hydrogen) atoms. The van der Waals surface area contributed by atoms with E-state index in [0.29, 0.717) is 5.91 Å². The molecule has 7 heteroatoms. The number of nitrogens with zero attached hydrogens (tertiary/aromatic N) is 4. The maximum Gasteiger partial charge on any atom is 0.240 e. The first-order valence-electron chi connectivity index (χ1n) is 10.7. The minimum atomic E-state index is 0.0793. The maximum absolute atomic E-state index is 12.8. The van der Waals surface area contributed by atoms with Crippen molar-refractivity contribution < 1.29 is 9.21 Å². The fourth-order valence-corrected chi connectivity index (χ4v) is 3.93. The first-order chi connectivity index (χ1) is 13.7. The number of amides is 1. The average Bonchev–Trinajstić information content (AvgIpc) is 3.38. The van der Waals surface area contributed by atoms with Crippen molar-refractivity contribution in [1.82, 2.24) is 20.0 Å². The van der Waals surface area contributed by atoms with E-state index in [1.165, 1.54) is 0 Å². The van der Waals surface area contributed by atoms with Crippen molar-refractivity contribution in [3.63, 3.8) is 0 Å². The largest absolute Gasteiger partial charge is 0.469 e. The van der Waals surface area contributed by atoms with Crippen LogP contribution in [-0.2, 0) is 11.2 Å². The number of furan rings is 1. The van der Waals surface area contributed by atoms with Crippen molar-refractivity contribution in [3.8, 4) is 0 Å². The second-order valence-electron chi connectivity index (χ2n) is 7.77. The number of carbonyl (C=O) groups excluding carboxylic acids is 1. The maximum atomic E-state index is 12.8. The predicted molar refractivity (Wildman–Crippen MR) is 111 cm³/mol. The average molecular weight is 390 g/mol. The van der Waals surface area contributed by atoms with Crippen LogP contribution >= 0.6 is 0 Å². The smallest absolute Gasteiger partial charge is 0.240 e. The molecule has 1 amide bonds. The van der Waals surface area contributed by atoms with E-state index in [1.807, 2.05) is 17.0 Å². The number of carbonyl (C=O) groups is 1. The highest BCUT2D eigenvalue weighted by atomic mass is 16.3. The topological polar surface area (TPSA) is 64.3 Å². The summed E-state index contributed by atoms with van der Waals surface area (Å²) >= 11 is 0.